The Labute approximate surface area is 130 Å². The monoisotopic (exact) mass is 302 g/mol. The van der Waals surface area contributed by atoms with Crippen molar-refractivity contribution in [1.29, 1.82) is 0 Å². The largest absolute Gasteiger partial charge is 0.370 e. The molecular formula is C16H19ClN4. The first kappa shape index (κ1) is 14.3. The average Bonchev–Trinajstić information content (AvgIpc) is 2.48. The van der Waals surface area contributed by atoms with Gasteiger partial charge in [-0.05, 0) is 31.1 Å². The van der Waals surface area contributed by atoms with E-state index < -0.39 is 0 Å². The predicted octanol–water partition coefficient (Wildman–Crippen LogP) is 3.14. The molecule has 0 bridgehead atoms. The van der Waals surface area contributed by atoms with E-state index in [1.54, 1.807) is 0 Å². The van der Waals surface area contributed by atoms with E-state index in [1.807, 2.05) is 6.07 Å². The molecule has 1 aromatic carbocycles. The van der Waals surface area contributed by atoms with Crippen LogP contribution in [0, 0.1) is 0 Å². The number of fused-ring (bicyclic) bond motifs is 1. The van der Waals surface area contributed by atoms with Crippen molar-refractivity contribution >= 4 is 17.4 Å². The van der Waals surface area contributed by atoms with E-state index in [2.05, 4.69) is 58.4 Å². The first-order valence-electron chi connectivity index (χ1n) is 7.22. The fourth-order valence-corrected chi connectivity index (χ4v) is 3.09. The van der Waals surface area contributed by atoms with Gasteiger partial charge in [-0.3, -0.25) is 0 Å². The van der Waals surface area contributed by atoms with E-state index in [0.29, 0.717) is 5.28 Å². The van der Waals surface area contributed by atoms with Crippen LogP contribution in [0.4, 0.5) is 5.82 Å². The molecule has 0 amide bonds. The highest BCUT2D eigenvalue weighted by atomic mass is 35.5. The molecule has 0 saturated heterocycles. The summed E-state index contributed by atoms with van der Waals surface area (Å²) in [6, 6.07) is 10.5. The first-order chi connectivity index (χ1) is 10.2. The smallest absolute Gasteiger partial charge is 0.224 e. The minimum Gasteiger partial charge on any atom is -0.370 e. The van der Waals surface area contributed by atoms with Crippen LogP contribution >= 0.6 is 11.6 Å². The zero-order chi connectivity index (χ0) is 14.8. The van der Waals surface area contributed by atoms with E-state index in [-0.39, 0.29) is 5.92 Å². The molecule has 2 heterocycles. The summed E-state index contributed by atoms with van der Waals surface area (Å²) in [7, 11) is 2.13. The first-order valence-corrected chi connectivity index (χ1v) is 7.60. The molecule has 4 nitrogen and oxygen atoms in total. The van der Waals surface area contributed by atoms with E-state index in [9.17, 15) is 0 Å². The molecule has 21 heavy (non-hydrogen) atoms. The van der Waals surface area contributed by atoms with Crippen LogP contribution in [-0.4, -0.2) is 35.0 Å². The van der Waals surface area contributed by atoms with Gasteiger partial charge in [0, 0.05) is 31.1 Å². The third-order valence-electron chi connectivity index (χ3n) is 3.81. The summed E-state index contributed by atoms with van der Waals surface area (Å²) in [6.07, 6.45) is 0. The maximum absolute atomic E-state index is 6.13. The molecule has 5 heteroatoms. The second-order valence-corrected chi connectivity index (χ2v) is 5.73. The van der Waals surface area contributed by atoms with E-state index in [4.69, 9.17) is 11.6 Å². The molecule has 1 aliphatic rings. The van der Waals surface area contributed by atoms with Gasteiger partial charge >= 0.3 is 0 Å². The number of rotatable bonds is 3. The minimum absolute atomic E-state index is 0.234. The number of nitrogens with zero attached hydrogens (tertiary/aromatic N) is 3. The van der Waals surface area contributed by atoms with Gasteiger partial charge < -0.3 is 10.2 Å². The lowest BCUT2D eigenvalue weighted by molar-refractivity contribution is 0.291. The molecular weight excluding hydrogens is 284 g/mol. The standard InChI is InChI=1S/C16H19ClN4/c1-3-18-15-13-10-21(2)9-12(11-7-5-4-6-8-11)14(13)19-16(17)20-15/h4-8,12H,3,9-10H2,1-2H3,(H,18,19,20). The summed E-state index contributed by atoms with van der Waals surface area (Å²) in [5, 5.41) is 3.62. The van der Waals surface area contributed by atoms with E-state index in [1.165, 1.54) is 5.56 Å². The van der Waals surface area contributed by atoms with Crippen molar-refractivity contribution in [3.8, 4) is 0 Å². The van der Waals surface area contributed by atoms with Gasteiger partial charge in [0.15, 0.2) is 0 Å². The second-order valence-electron chi connectivity index (χ2n) is 5.40. The van der Waals surface area contributed by atoms with Crippen LogP contribution in [-0.2, 0) is 6.54 Å². The van der Waals surface area contributed by atoms with Crippen molar-refractivity contribution in [3.05, 3.63) is 52.4 Å². The molecule has 0 spiro atoms. The topological polar surface area (TPSA) is 41.1 Å². The number of nitrogens with one attached hydrogen (secondary N) is 1. The van der Waals surface area contributed by atoms with Gasteiger partial charge in [-0.2, -0.15) is 0 Å². The van der Waals surface area contributed by atoms with Crippen LogP contribution in [0.25, 0.3) is 0 Å². The summed E-state index contributed by atoms with van der Waals surface area (Å²) in [6.45, 7) is 4.66. The number of anilines is 1. The van der Waals surface area contributed by atoms with Crippen molar-refractivity contribution in [2.45, 2.75) is 19.4 Å². The van der Waals surface area contributed by atoms with Gasteiger partial charge in [0.05, 0.1) is 5.69 Å². The zero-order valence-electron chi connectivity index (χ0n) is 12.3. The SMILES string of the molecule is CCNc1nc(Cl)nc2c1CN(C)CC2c1ccccc1. The number of likely N-dealkylation sites (N-methyl/N-ethyl adjacent to an activating group) is 1. The average molecular weight is 303 g/mol. The third-order valence-corrected chi connectivity index (χ3v) is 3.98. The highest BCUT2D eigenvalue weighted by Gasteiger charge is 2.29. The maximum Gasteiger partial charge on any atom is 0.224 e. The predicted molar refractivity (Wildman–Crippen MR) is 85.8 cm³/mol. The van der Waals surface area contributed by atoms with Gasteiger partial charge in [0.1, 0.15) is 5.82 Å². The van der Waals surface area contributed by atoms with Gasteiger partial charge in [0.2, 0.25) is 5.28 Å². The third kappa shape index (κ3) is 2.87. The lowest BCUT2D eigenvalue weighted by atomic mass is 9.89. The lowest BCUT2D eigenvalue weighted by Gasteiger charge is -2.32. The Hall–Kier alpha value is -1.65. The molecule has 0 saturated carbocycles. The van der Waals surface area contributed by atoms with Crippen molar-refractivity contribution in [2.75, 3.05) is 25.5 Å². The Morgan fingerprint density at radius 1 is 1.29 bits per heavy atom. The van der Waals surface area contributed by atoms with Crippen LogP contribution < -0.4 is 5.32 Å². The summed E-state index contributed by atoms with van der Waals surface area (Å²) in [4.78, 5) is 11.2. The summed E-state index contributed by atoms with van der Waals surface area (Å²) in [5.74, 6) is 1.10. The number of hydrogen-bond acceptors (Lipinski definition) is 4. The van der Waals surface area contributed by atoms with Crippen LogP contribution in [0.2, 0.25) is 5.28 Å². The van der Waals surface area contributed by atoms with Gasteiger partial charge in [0.25, 0.3) is 0 Å². The summed E-state index contributed by atoms with van der Waals surface area (Å²) >= 11 is 6.13. The molecule has 0 radical (unpaired) electrons. The molecule has 1 atom stereocenters. The number of halogens is 1. The van der Waals surface area contributed by atoms with E-state index in [0.717, 1.165) is 36.7 Å². The second kappa shape index (κ2) is 6.00. The maximum atomic E-state index is 6.13. The molecule has 1 N–H and O–H groups in total. The van der Waals surface area contributed by atoms with Crippen LogP contribution in [0.15, 0.2) is 30.3 Å². The molecule has 1 aromatic heterocycles. The highest BCUT2D eigenvalue weighted by Crippen LogP contribution is 2.35. The Morgan fingerprint density at radius 2 is 2.05 bits per heavy atom. The van der Waals surface area contributed by atoms with Crippen LogP contribution in [0.3, 0.4) is 0 Å². The summed E-state index contributed by atoms with van der Waals surface area (Å²) < 4.78 is 0. The number of hydrogen-bond donors (Lipinski definition) is 1. The normalized spacial score (nSPS) is 18.3. The number of benzene rings is 1. The Morgan fingerprint density at radius 3 is 2.76 bits per heavy atom. The van der Waals surface area contributed by atoms with Crippen LogP contribution in [0.5, 0.6) is 0 Å². The van der Waals surface area contributed by atoms with Crippen LogP contribution in [0.1, 0.15) is 29.7 Å². The van der Waals surface area contributed by atoms with Gasteiger partial charge in [-0.1, -0.05) is 30.3 Å². The lowest BCUT2D eigenvalue weighted by Crippen LogP contribution is -2.33. The fraction of sp³-hybridized carbons (Fsp3) is 0.375. The molecule has 0 aliphatic carbocycles. The van der Waals surface area contributed by atoms with E-state index >= 15 is 0 Å². The zero-order valence-corrected chi connectivity index (χ0v) is 13.1. The quantitative estimate of drug-likeness (QED) is 0.884. The highest BCUT2D eigenvalue weighted by molar-refractivity contribution is 6.28. The Kier molecular flexibility index (Phi) is 4.08. The summed E-state index contributed by atoms with van der Waals surface area (Å²) in [5.41, 5.74) is 3.47. The number of aromatic nitrogens is 2. The minimum atomic E-state index is 0.234. The Balaban J connectivity index is 2.12. The van der Waals surface area contributed by atoms with Gasteiger partial charge in [-0.25, -0.2) is 9.97 Å². The van der Waals surface area contributed by atoms with Crippen molar-refractivity contribution in [2.24, 2.45) is 0 Å². The molecule has 1 unspecified atom stereocenters. The molecule has 110 valence electrons. The molecule has 0 fully saturated rings. The van der Waals surface area contributed by atoms with Crippen molar-refractivity contribution in [3.63, 3.8) is 0 Å². The molecule has 2 aromatic rings. The van der Waals surface area contributed by atoms with Crippen molar-refractivity contribution < 1.29 is 0 Å². The van der Waals surface area contributed by atoms with Crippen molar-refractivity contribution in [1.82, 2.24) is 14.9 Å². The molecule has 1 aliphatic heterocycles. The Bertz CT molecular complexity index is 630. The fourth-order valence-electron chi connectivity index (χ4n) is 2.91. The van der Waals surface area contributed by atoms with Gasteiger partial charge in [-0.15, -0.1) is 0 Å². The molecule has 3 rings (SSSR count).